The van der Waals surface area contributed by atoms with E-state index >= 15 is 0 Å². The van der Waals surface area contributed by atoms with Gasteiger partial charge in [0.05, 0.1) is 19.3 Å². The Morgan fingerprint density at radius 1 is 0.935 bits per heavy atom. The van der Waals surface area contributed by atoms with Gasteiger partial charge in [0.2, 0.25) is 0 Å². The quantitative estimate of drug-likeness (QED) is 0.720. The van der Waals surface area contributed by atoms with E-state index in [1.165, 1.54) is 19.3 Å². The van der Waals surface area contributed by atoms with Crippen LogP contribution in [-0.2, 0) is 9.47 Å². The third-order valence-electron chi connectivity index (χ3n) is 6.52. The number of aldehydes is 1. The molecule has 1 aliphatic carbocycles. The van der Waals surface area contributed by atoms with E-state index in [-0.39, 0.29) is 36.4 Å². The van der Waals surface area contributed by atoms with Crippen molar-refractivity contribution in [3.05, 3.63) is 42.0 Å². The summed E-state index contributed by atoms with van der Waals surface area (Å²) in [4.78, 5) is 23.4. The van der Waals surface area contributed by atoms with Gasteiger partial charge in [0.25, 0.3) is 0 Å². The molecule has 0 unspecified atom stereocenters. The Kier molecular flexibility index (Phi) is 5.78. The van der Waals surface area contributed by atoms with E-state index in [9.17, 15) is 9.59 Å². The zero-order valence-electron chi connectivity index (χ0n) is 17.4. The van der Waals surface area contributed by atoms with Crippen LogP contribution in [0.25, 0.3) is 10.8 Å². The number of amides is 2. The second-order valence-corrected chi connectivity index (χ2v) is 8.70. The summed E-state index contributed by atoms with van der Waals surface area (Å²) in [7, 11) is 0. The Bertz CT molecular complexity index is 958. The molecule has 3 aliphatic rings. The Morgan fingerprint density at radius 2 is 1.71 bits per heavy atom. The van der Waals surface area contributed by atoms with Crippen molar-refractivity contribution in [3.63, 3.8) is 0 Å². The van der Waals surface area contributed by atoms with Crippen LogP contribution in [0.15, 0.2) is 36.4 Å². The van der Waals surface area contributed by atoms with Crippen LogP contribution in [0, 0.1) is 0 Å². The highest BCUT2D eigenvalue weighted by Gasteiger charge is 2.49. The molecule has 3 fully saturated rings. The molecule has 5 rings (SSSR count). The van der Waals surface area contributed by atoms with Gasteiger partial charge in [-0.2, -0.15) is 0 Å². The second kappa shape index (κ2) is 8.85. The number of urea groups is 1. The minimum absolute atomic E-state index is 0.140. The van der Waals surface area contributed by atoms with E-state index in [0.29, 0.717) is 18.8 Å². The Balaban J connectivity index is 1.18. The Hall–Kier alpha value is -2.64. The first-order valence-corrected chi connectivity index (χ1v) is 11.2. The highest BCUT2D eigenvalue weighted by atomic mass is 16.6. The molecule has 0 spiro atoms. The molecule has 0 bridgehead atoms. The van der Waals surface area contributed by atoms with Crippen molar-refractivity contribution >= 4 is 23.1 Å². The van der Waals surface area contributed by atoms with Crippen LogP contribution >= 0.6 is 0 Å². The fourth-order valence-electron chi connectivity index (χ4n) is 4.90. The molecule has 31 heavy (non-hydrogen) atoms. The molecule has 4 atom stereocenters. The zero-order chi connectivity index (χ0) is 21.2. The molecule has 2 amide bonds. The van der Waals surface area contributed by atoms with E-state index in [4.69, 9.17) is 14.2 Å². The molecular weight excluding hydrogens is 396 g/mol. The summed E-state index contributed by atoms with van der Waals surface area (Å²) in [6.45, 7) is 0.833. The molecule has 164 valence electrons. The Labute approximate surface area is 181 Å². The maximum absolute atomic E-state index is 12.4. The molecule has 2 aromatic rings. The Morgan fingerprint density at radius 3 is 2.55 bits per heavy atom. The largest absolute Gasteiger partial charge is 0.485 e. The van der Waals surface area contributed by atoms with Crippen molar-refractivity contribution in [2.24, 2.45) is 0 Å². The van der Waals surface area contributed by atoms with Crippen LogP contribution in [0.3, 0.4) is 0 Å². The number of ether oxygens (including phenoxy) is 3. The molecule has 2 aromatic carbocycles. The average Bonchev–Trinajstić information content (AvgIpc) is 3.37. The lowest BCUT2D eigenvalue weighted by Crippen LogP contribution is -2.51. The molecule has 1 saturated carbocycles. The van der Waals surface area contributed by atoms with Crippen LogP contribution in [0.2, 0.25) is 0 Å². The van der Waals surface area contributed by atoms with Crippen molar-refractivity contribution in [2.45, 2.75) is 62.5 Å². The minimum Gasteiger partial charge on any atom is -0.485 e. The van der Waals surface area contributed by atoms with Crippen molar-refractivity contribution in [3.8, 4) is 5.75 Å². The van der Waals surface area contributed by atoms with Crippen molar-refractivity contribution in [1.82, 2.24) is 10.6 Å². The van der Waals surface area contributed by atoms with Gasteiger partial charge in [-0.1, -0.05) is 37.5 Å². The molecule has 2 N–H and O–H groups in total. The first kappa shape index (κ1) is 20.3. The predicted octanol–water partition coefficient (Wildman–Crippen LogP) is 3.20. The SMILES string of the molecule is O=Cc1ccc2cc(O[C@H]3CO[C@H]4[C@@H]3OC[C@@H]4NC(=O)NC3CCCCC3)ccc2c1. The lowest BCUT2D eigenvalue weighted by molar-refractivity contribution is 0.0304. The smallest absolute Gasteiger partial charge is 0.315 e. The van der Waals surface area contributed by atoms with Gasteiger partial charge in [0, 0.05) is 11.6 Å². The number of carbonyl (C=O) groups excluding carboxylic acids is 2. The van der Waals surface area contributed by atoms with E-state index in [0.717, 1.165) is 35.6 Å². The third-order valence-corrected chi connectivity index (χ3v) is 6.52. The van der Waals surface area contributed by atoms with E-state index < -0.39 is 0 Å². The predicted molar refractivity (Wildman–Crippen MR) is 116 cm³/mol. The van der Waals surface area contributed by atoms with Gasteiger partial charge in [-0.15, -0.1) is 0 Å². The molecule has 7 heteroatoms. The van der Waals surface area contributed by atoms with Gasteiger partial charge >= 0.3 is 6.03 Å². The molecule has 0 radical (unpaired) electrons. The van der Waals surface area contributed by atoms with E-state index in [1.54, 1.807) is 6.07 Å². The minimum atomic E-state index is -0.232. The molecule has 2 heterocycles. The van der Waals surface area contributed by atoms with Crippen molar-refractivity contribution in [1.29, 1.82) is 0 Å². The van der Waals surface area contributed by atoms with Gasteiger partial charge in [-0.25, -0.2) is 4.79 Å². The fraction of sp³-hybridized carbons (Fsp3) is 0.500. The summed E-state index contributed by atoms with van der Waals surface area (Å²) >= 11 is 0. The molecule has 2 aliphatic heterocycles. The number of rotatable bonds is 5. The van der Waals surface area contributed by atoms with E-state index in [2.05, 4.69) is 10.6 Å². The van der Waals surface area contributed by atoms with Gasteiger partial charge in [-0.3, -0.25) is 4.79 Å². The second-order valence-electron chi connectivity index (χ2n) is 8.70. The third kappa shape index (κ3) is 4.38. The van der Waals surface area contributed by atoms with Crippen LogP contribution in [0.5, 0.6) is 5.75 Å². The lowest BCUT2D eigenvalue weighted by Gasteiger charge is -2.24. The summed E-state index contributed by atoms with van der Waals surface area (Å²) in [5.74, 6) is 0.732. The van der Waals surface area contributed by atoms with E-state index in [1.807, 2.05) is 30.3 Å². The van der Waals surface area contributed by atoms with Crippen molar-refractivity contribution < 1.29 is 23.8 Å². The number of hydrogen-bond donors (Lipinski definition) is 2. The highest BCUT2D eigenvalue weighted by Crippen LogP contribution is 2.31. The molecule has 2 saturated heterocycles. The molecule has 0 aromatic heterocycles. The van der Waals surface area contributed by atoms with Crippen LogP contribution in [0.4, 0.5) is 4.79 Å². The lowest BCUT2D eigenvalue weighted by atomic mass is 9.96. The maximum Gasteiger partial charge on any atom is 0.315 e. The topological polar surface area (TPSA) is 85.9 Å². The number of hydrogen-bond acceptors (Lipinski definition) is 5. The number of fused-ring (bicyclic) bond motifs is 2. The number of nitrogens with one attached hydrogen (secondary N) is 2. The average molecular weight is 424 g/mol. The molecular formula is C24H28N2O5. The highest BCUT2D eigenvalue weighted by molar-refractivity contribution is 5.89. The van der Waals surface area contributed by atoms with Gasteiger partial charge in [0.1, 0.15) is 24.2 Å². The zero-order valence-corrected chi connectivity index (χ0v) is 17.4. The summed E-state index contributed by atoms with van der Waals surface area (Å²) in [5, 5.41) is 8.11. The summed E-state index contributed by atoms with van der Waals surface area (Å²) < 4.78 is 18.1. The van der Waals surface area contributed by atoms with Crippen LogP contribution in [0.1, 0.15) is 42.5 Å². The standard InChI is InChI=1S/C24H28N2O5/c27-12-15-6-7-17-11-19(9-8-16(17)10-15)31-21-14-30-22-20(13-29-23(21)22)26-24(28)25-18-4-2-1-3-5-18/h6-12,18,20-23H,1-5,13-14H2,(H2,25,26,28)/t20-,21-,22+,23+/m0/s1. The van der Waals surface area contributed by atoms with Crippen LogP contribution < -0.4 is 15.4 Å². The summed E-state index contributed by atoms with van der Waals surface area (Å²) in [6, 6.07) is 11.3. The molecule has 7 nitrogen and oxygen atoms in total. The van der Waals surface area contributed by atoms with Gasteiger partial charge < -0.3 is 24.8 Å². The van der Waals surface area contributed by atoms with Gasteiger partial charge in [-0.05, 0) is 41.8 Å². The first-order chi connectivity index (χ1) is 15.2. The maximum atomic E-state index is 12.4. The van der Waals surface area contributed by atoms with Crippen LogP contribution in [-0.4, -0.2) is 55.9 Å². The summed E-state index contributed by atoms with van der Waals surface area (Å²) in [5.41, 5.74) is 0.652. The van der Waals surface area contributed by atoms with Crippen molar-refractivity contribution in [2.75, 3.05) is 13.2 Å². The number of carbonyl (C=O) groups is 2. The monoisotopic (exact) mass is 424 g/mol. The normalized spacial score (nSPS) is 28.3. The summed E-state index contributed by atoms with van der Waals surface area (Å²) in [6.07, 6.45) is 5.90. The number of benzene rings is 2. The first-order valence-electron chi connectivity index (χ1n) is 11.2. The van der Waals surface area contributed by atoms with Gasteiger partial charge in [0.15, 0.2) is 6.10 Å². The fourth-order valence-corrected chi connectivity index (χ4v) is 4.90.